The molecule has 0 fully saturated rings. The number of benzene rings is 2. The summed E-state index contributed by atoms with van der Waals surface area (Å²) in [6.45, 7) is 3.97. The predicted molar refractivity (Wildman–Crippen MR) is 86.2 cm³/mol. The molecule has 1 aliphatic rings. The molecule has 0 spiro atoms. The second-order valence-electron chi connectivity index (χ2n) is 5.52. The lowest BCUT2D eigenvalue weighted by atomic mass is 9.98. The molecule has 3 aromatic rings. The van der Waals surface area contributed by atoms with Crippen LogP contribution in [0.25, 0.3) is 21.7 Å². The topological polar surface area (TPSA) is 39.4 Å². The maximum absolute atomic E-state index is 12.4. The minimum atomic E-state index is -0.290. The molecule has 1 aliphatic heterocycles. The Labute approximate surface area is 129 Å². The van der Waals surface area contributed by atoms with Crippen molar-refractivity contribution in [1.29, 1.82) is 0 Å². The van der Waals surface area contributed by atoms with Crippen LogP contribution in [0, 0.1) is 0 Å². The fraction of sp³-hybridized carbons (Fsp3) is 0.235. The van der Waals surface area contributed by atoms with Gasteiger partial charge in [0.1, 0.15) is 17.4 Å². The van der Waals surface area contributed by atoms with Crippen molar-refractivity contribution in [1.82, 2.24) is 0 Å². The van der Waals surface area contributed by atoms with Gasteiger partial charge in [0.05, 0.1) is 10.9 Å². The van der Waals surface area contributed by atoms with E-state index in [4.69, 9.17) is 9.15 Å². The van der Waals surface area contributed by atoms with E-state index in [0.29, 0.717) is 16.9 Å². The molecule has 0 N–H and O–H groups in total. The van der Waals surface area contributed by atoms with Gasteiger partial charge >= 0.3 is 5.63 Å². The standard InChI is InChI=1S/C17H13BrO3/c1-8-9(2)20-16-12-7-13(18)10-5-3-4-6-11(10)15(12)21-17(19)14(8)16/h3-9H,1-2H3/t8-,9+/m0/s1. The summed E-state index contributed by atoms with van der Waals surface area (Å²) in [4.78, 5) is 12.4. The quantitative estimate of drug-likeness (QED) is 0.442. The summed E-state index contributed by atoms with van der Waals surface area (Å²) in [5.74, 6) is 0.721. The Kier molecular flexibility index (Phi) is 2.67. The van der Waals surface area contributed by atoms with Gasteiger partial charge in [-0.05, 0) is 18.4 Å². The molecular weight excluding hydrogens is 332 g/mol. The molecule has 0 saturated carbocycles. The lowest BCUT2D eigenvalue weighted by Crippen LogP contribution is -2.14. The lowest BCUT2D eigenvalue weighted by molar-refractivity contribution is 0.234. The monoisotopic (exact) mass is 344 g/mol. The Morgan fingerprint density at radius 1 is 1.10 bits per heavy atom. The van der Waals surface area contributed by atoms with Gasteiger partial charge in [0.2, 0.25) is 0 Å². The highest BCUT2D eigenvalue weighted by atomic mass is 79.9. The highest BCUT2D eigenvalue weighted by Crippen LogP contribution is 2.43. The molecule has 2 aromatic carbocycles. The van der Waals surface area contributed by atoms with Crippen molar-refractivity contribution in [2.24, 2.45) is 0 Å². The summed E-state index contributed by atoms with van der Waals surface area (Å²) in [5.41, 5.74) is 0.956. The van der Waals surface area contributed by atoms with Crippen molar-refractivity contribution in [3.63, 3.8) is 0 Å². The van der Waals surface area contributed by atoms with Gasteiger partial charge in [-0.1, -0.05) is 47.1 Å². The summed E-state index contributed by atoms with van der Waals surface area (Å²) in [7, 11) is 0. The average molecular weight is 345 g/mol. The Morgan fingerprint density at radius 3 is 2.57 bits per heavy atom. The van der Waals surface area contributed by atoms with Gasteiger partial charge in [-0.3, -0.25) is 0 Å². The van der Waals surface area contributed by atoms with E-state index in [-0.39, 0.29) is 17.6 Å². The number of halogens is 1. The first-order valence-corrected chi connectivity index (χ1v) is 7.72. The molecule has 1 aromatic heterocycles. The third kappa shape index (κ3) is 1.69. The number of hydrogen-bond acceptors (Lipinski definition) is 3. The zero-order valence-corrected chi connectivity index (χ0v) is 13.2. The van der Waals surface area contributed by atoms with Crippen molar-refractivity contribution in [2.45, 2.75) is 25.9 Å². The van der Waals surface area contributed by atoms with Crippen LogP contribution in [0.3, 0.4) is 0 Å². The Morgan fingerprint density at radius 2 is 1.81 bits per heavy atom. The van der Waals surface area contributed by atoms with Gasteiger partial charge in [-0.25, -0.2) is 4.79 Å². The van der Waals surface area contributed by atoms with Gasteiger partial charge in [-0.15, -0.1) is 0 Å². The van der Waals surface area contributed by atoms with Crippen LogP contribution in [0.15, 0.2) is 44.0 Å². The molecule has 0 bridgehead atoms. The van der Waals surface area contributed by atoms with Crippen LogP contribution in [-0.4, -0.2) is 6.10 Å². The normalized spacial score (nSPS) is 20.7. The molecule has 4 rings (SSSR count). The smallest absolute Gasteiger partial charge is 0.343 e. The molecule has 0 radical (unpaired) electrons. The van der Waals surface area contributed by atoms with Crippen LogP contribution < -0.4 is 10.4 Å². The van der Waals surface area contributed by atoms with Crippen LogP contribution in [0.5, 0.6) is 5.75 Å². The molecule has 4 heteroatoms. The third-order valence-electron chi connectivity index (χ3n) is 4.31. The number of hydrogen-bond donors (Lipinski definition) is 0. The zero-order valence-electron chi connectivity index (χ0n) is 11.6. The van der Waals surface area contributed by atoms with Gasteiger partial charge in [0, 0.05) is 15.8 Å². The first-order chi connectivity index (χ1) is 10.1. The van der Waals surface area contributed by atoms with Gasteiger partial charge < -0.3 is 9.15 Å². The van der Waals surface area contributed by atoms with Crippen molar-refractivity contribution in [2.75, 3.05) is 0 Å². The molecule has 0 saturated heterocycles. The maximum atomic E-state index is 12.4. The summed E-state index contributed by atoms with van der Waals surface area (Å²) in [6, 6.07) is 9.83. The van der Waals surface area contributed by atoms with Crippen molar-refractivity contribution < 1.29 is 9.15 Å². The van der Waals surface area contributed by atoms with Crippen LogP contribution in [-0.2, 0) is 0 Å². The van der Waals surface area contributed by atoms with E-state index in [9.17, 15) is 4.79 Å². The van der Waals surface area contributed by atoms with Gasteiger partial charge in [-0.2, -0.15) is 0 Å². The highest BCUT2D eigenvalue weighted by Gasteiger charge is 2.33. The zero-order chi connectivity index (χ0) is 14.7. The summed E-state index contributed by atoms with van der Waals surface area (Å²) in [5, 5.41) is 2.79. The molecule has 3 nitrogen and oxygen atoms in total. The third-order valence-corrected chi connectivity index (χ3v) is 4.97. The van der Waals surface area contributed by atoms with Crippen molar-refractivity contribution in [3.05, 3.63) is 50.8 Å². The van der Waals surface area contributed by atoms with Crippen LogP contribution >= 0.6 is 15.9 Å². The first kappa shape index (κ1) is 12.9. The molecule has 2 heterocycles. The molecule has 2 atom stereocenters. The SMILES string of the molecule is C[C@@H]1c2c(c3cc(Br)c4ccccc4c3oc2=O)O[C@@H]1C. The van der Waals surface area contributed by atoms with E-state index < -0.39 is 0 Å². The van der Waals surface area contributed by atoms with E-state index in [1.54, 1.807) is 0 Å². The van der Waals surface area contributed by atoms with E-state index in [2.05, 4.69) is 15.9 Å². The molecule has 106 valence electrons. The fourth-order valence-electron chi connectivity index (χ4n) is 3.01. The van der Waals surface area contributed by atoms with E-state index in [1.165, 1.54) is 0 Å². The van der Waals surface area contributed by atoms with Gasteiger partial charge in [0.15, 0.2) is 0 Å². The molecule has 0 aliphatic carbocycles. The Hall–Kier alpha value is -1.81. The van der Waals surface area contributed by atoms with Crippen LogP contribution in [0.2, 0.25) is 0 Å². The second-order valence-corrected chi connectivity index (χ2v) is 6.38. The first-order valence-electron chi connectivity index (χ1n) is 6.92. The highest BCUT2D eigenvalue weighted by molar-refractivity contribution is 9.10. The number of ether oxygens (including phenoxy) is 1. The summed E-state index contributed by atoms with van der Waals surface area (Å²) < 4.78 is 12.5. The molecule has 0 unspecified atom stereocenters. The minimum Gasteiger partial charge on any atom is -0.489 e. The van der Waals surface area contributed by atoms with E-state index >= 15 is 0 Å². The Balaban J connectivity index is 2.24. The maximum Gasteiger partial charge on any atom is 0.343 e. The minimum absolute atomic E-state index is 0.0151. The van der Waals surface area contributed by atoms with Crippen molar-refractivity contribution >= 4 is 37.7 Å². The number of rotatable bonds is 0. The van der Waals surface area contributed by atoms with Crippen LogP contribution in [0.1, 0.15) is 25.3 Å². The second kappa shape index (κ2) is 4.34. The fourth-order valence-corrected chi connectivity index (χ4v) is 3.59. The molecular formula is C17H13BrO3. The van der Waals surface area contributed by atoms with E-state index in [1.807, 2.05) is 44.2 Å². The predicted octanol–water partition coefficient (Wildman–Crippen LogP) is 4.59. The van der Waals surface area contributed by atoms with E-state index in [0.717, 1.165) is 20.6 Å². The molecule has 0 amide bonds. The summed E-state index contributed by atoms with van der Waals surface area (Å²) >= 11 is 3.60. The summed E-state index contributed by atoms with van der Waals surface area (Å²) in [6.07, 6.45) is -0.0151. The largest absolute Gasteiger partial charge is 0.489 e. The average Bonchev–Trinajstić information content (AvgIpc) is 2.78. The Bertz CT molecular complexity index is 942. The van der Waals surface area contributed by atoms with Crippen LogP contribution in [0.4, 0.5) is 0 Å². The van der Waals surface area contributed by atoms with Crippen molar-refractivity contribution in [3.8, 4) is 5.75 Å². The molecule has 21 heavy (non-hydrogen) atoms. The lowest BCUT2D eigenvalue weighted by Gasteiger charge is -2.09. The number of fused-ring (bicyclic) bond motifs is 5. The van der Waals surface area contributed by atoms with Gasteiger partial charge in [0.25, 0.3) is 0 Å².